The minimum atomic E-state index is -2.58. The second kappa shape index (κ2) is 9.84. The second-order valence-corrected chi connectivity index (χ2v) is 8.60. The lowest BCUT2D eigenvalue weighted by molar-refractivity contribution is -0.333. The van der Waals surface area contributed by atoms with E-state index in [0.29, 0.717) is 17.9 Å². The topological polar surface area (TPSA) is 143 Å². The van der Waals surface area contributed by atoms with E-state index in [0.717, 1.165) is 24.2 Å². The van der Waals surface area contributed by atoms with Crippen molar-refractivity contribution in [3.8, 4) is 0 Å². The molecule has 2 rings (SSSR count). The van der Waals surface area contributed by atoms with Crippen LogP contribution in [0.1, 0.15) is 46.0 Å². The van der Waals surface area contributed by atoms with Gasteiger partial charge in [-0.2, -0.15) is 5.01 Å². The number of urea groups is 1. The summed E-state index contributed by atoms with van der Waals surface area (Å²) in [6, 6.07) is -1.01. The number of halogens is 1. The zero-order valence-electron chi connectivity index (χ0n) is 16.9. The molecule has 4 atom stereocenters. The van der Waals surface area contributed by atoms with Gasteiger partial charge in [0.05, 0.1) is 18.4 Å². The third-order valence-electron chi connectivity index (χ3n) is 5.77. The zero-order valence-corrected chi connectivity index (χ0v) is 17.7. The first-order valence-corrected chi connectivity index (χ1v) is 10.6. The molecule has 1 aliphatic heterocycles. The summed E-state index contributed by atoms with van der Waals surface area (Å²) in [6.45, 7) is 2.57. The van der Waals surface area contributed by atoms with E-state index in [4.69, 9.17) is 16.3 Å². The Morgan fingerprint density at radius 2 is 1.90 bits per heavy atom. The van der Waals surface area contributed by atoms with E-state index in [1.54, 1.807) is 13.8 Å². The summed E-state index contributed by atoms with van der Waals surface area (Å²) in [7, 11) is 0. The molecule has 11 heteroatoms. The average Bonchev–Trinajstić information content (AvgIpc) is 2.92. The molecule has 0 aromatic carbocycles. The molecule has 4 N–H and O–H groups in total. The highest BCUT2D eigenvalue weighted by atomic mass is 35.5. The molecule has 1 aliphatic carbocycles. The maximum Gasteiger partial charge on any atom is 0.345 e. The summed E-state index contributed by atoms with van der Waals surface area (Å²) in [5, 5.41) is 46.9. The van der Waals surface area contributed by atoms with E-state index in [1.807, 2.05) is 0 Å². The number of ether oxygens (including phenoxy) is 1. The lowest BCUT2D eigenvalue weighted by Crippen LogP contribution is -2.72. The summed E-state index contributed by atoms with van der Waals surface area (Å²) >= 11 is 5.65. The fourth-order valence-electron chi connectivity index (χ4n) is 4.35. The van der Waals surface area contributed by atoms with Gasteiger partial charge in [-0.3, -0.25) is 4.90 Å². The number of carbonyl (C=O) groups excluding carboxylic acids is 1. The molecule has 1 heterocycles. The molecule has 0 spiro atoms. The molecule has 0 radical (unpaired) electrons. The number of amides is 2. The number of rotatable bonds is 8. The van der Waals surface area contributed by atoms with Crippen LogP contribution in [0.4, 0.5) is 4.79 Å². The first kappa shape index (κ1) is 24.2. The lowest BCUT2D eigenvalue weighted by atomic mass is 9.77. The number of aliphatic hydroxyl groups excluding tert-OH is 2. The number of hydrogen-bond donors (Lipinski definition) is 4. The maximum absolute atomic E-state index is 13.1. The number of alkyl halides is 1. The van der Waals surface area contributed by atoms with E-state index < -0.39 is 42.3 Å². The number of hydrogen-bond acceptors (Lipinski definition) is 8. The highest BCUT2D eigenvalue weighted by Gasteiger charge is 2.71. The smallest absolute Gasteiger partial charge is 0.345 e. The van der Waals surface area contributed by atoms with Crippen molar-refractivity contribution in [2.24, 2.45) is 17.1 Å². The van der Waals surface area contributed by atoms with Crippen molar-refractivity contribution in [3.63, 3.8) is 0 Å². The Labute approximate surface area is 175 Å². The molecular formula is C18H32ClN3O7. The van der Waals surface area contributed by atoms with Crippen LogP contribution in [-0.4, -0.2) is 85.7 Å². The average molecular weight is 438 g/mol. The first-order valence-electron chi connectivity index (χ1n) is 10.1. The minimum absolute atomic E-state index is 0.0728. The standard InChI is InChI=1S/C18H32ClN3O7/c1-12(2)10-21(16(25)22(20-28)9-8-19)17(26)15(24)14(11-23)29-18(17,27)13-6-4-3-5-7-13/h12-15,23-24,26-27H,3-11H2,1-2H3/t14-,15+,17-,18+/m1/s1. The Kier molecular flexibility index (Phi) is 8.23. The highest BCUT2D eigenvalue weighted by Crippen LogP contribution is 2.49. The van der Waals surface area contributed by atoms with E-state index in [9.17, 15) is 30.1 Å². The number of aliphatic hydroxyl groups is 4. The lowest BCUT2D eigenvalue weighted by Gasteiger charge is -2.49. The van der Waals surface area contributed by atoms with Gasteiger partial charge in [-0.15, -0.1) is 16.5 Å². The van der Waals surface area contributed by atoms with Gasteiger partial charge < -0.3 is 25.2 Å². The molecule has 0 unspecified atom stereocenters. The van der Waals surface area contributed by atoms with E-state index >= 15 is 0 Å². The van der Waals surface area contributed by atoms with Crippen LogP contribution in [0.3, 0.4) is 0 Å². The largest absolute Gasteiger partial charge is 0.394 e. The number of nitrogens with zero attached hydrogens (tertiary/aromatic N) is 3. The Bertz CT molecular complexity index is 578. The molecule has 168 valence electrons. The van der Waals surface area contributed by atoms with Crippen molar-refractivity contribution >= 4 is 17.6 Å². The van der Waals surface area contributed by atoms with E-state index in [-0.39, 0.29) is 24.9 Å². The van der Waals surface area contributed by atoms with Crippen LogP contribution in [0.2, 0.25) is 0 Å². The van der Waals surface area contributed by atoms with Gasteiger partial charge in [0.2, 0.25) is 11.5 Å². The number of nitroso groups, excluding NO2 is 1. The molecule has 0 bridgehead atoms. The SMILES string of the molecule is CC(C)CN(C(=O)N(CCCl)N=O)[C@@]1(O)[C@@H](O)[C@@H](CO)O[C@@]1(O)C1CCCCC1. The summed E-state index contributed by atoms with van der Waals surface area (Å²) in [5.74, 6) is -3.15. The molecule has 29 heavy (non-hydrogen) atoms. The fraction of sp³-hybridized carbons (Fsp3) is 0.944. The number of carbonyl (C=O) groups is 1. The molecule has 1 saturated heterocycles. The van der Waals surface area contributed by atoms with Crippen molar-refractivity contribution in [2.75, 3.05) is 25.6 Å². The molecular weight excluding hydrogens is 406 g/mol. The summed E-state index contributed by atoms with van der Waals surface area (Å²) in [6.07, 6.45) is 0.475. The summed E-state index contributed by atoms with van der Waals surface area (Å²) in [4.78, 5) is 25.1. The van der Waals surface area contributed by atoms with E-state index in [2.05, 4.69) is 5.29 Å². The molecule has 2 fully saturated rings. The summed E-state index contributed by atoms with van der Waals surface area (Å²) < 4.78 is 5.61. The normalized spacial score (nSPS) is 33.1. The van der Waals surface area contributed by atoms with Gasteiger partial charge in [-0.05, 0) is 18.8 Å². The zero-order chi connectivity index (χ0) is 21.8. The van der Waals surface area contributed by atoms with Crippen LogP contribution in [0.25, 0.3) is 0 Å². The van der Waals surface area contributed by atoms with Crippen LogP contribution >= 0.6 is 11.6 Å². The van der Waals surface area contributed by atoms with Gasteiger partial charge in [-0.25, -0.2) is 4.79 Å². The van der Waals surface area contributed by atoms with Crippen LogP contribution in [0.15, 0.2) is 5.29 Å². The molecule has 10 nitrogen and oxygen atoms in total. The first-order chi connectivity index (χ1) is 13.7. The van der Waals surface area contributed by atoms with Crippen LogP contribution in [0.5, 0.6) is 0 Å². The van der Waals surface area contributed by atoms with Crippen molar-refractivity contribution < 1.29 is 30.0 Å². The van der Waals surface area contributed by atoms with Gasteiger partial charge in [0.25, 0.3) is 0 Å². The Morgan fingerprint density at radius 3 is 2.38 bits per heavy atom. The van der Waals surface area contributed by atoms with Crippen LogP contribution < -0.4 is 0 Å². The second-order valence-electron chi connectivity index (χ2n) is 8.22. The van der Waals surface area contributed by atoms with Gasteiger partial charge in [0, 0.05) is 18.3 Å². The van der Waals surface area contributed by atoms with Crippen molar-refractivity contribution in [3.05, 3.63) is 4.91 Å². The Balaban J connectivity index is 2.54. The van der Waals surface area contributed by atoms with Crippen molar-refractivity contribution in [2.45, 2.75) is 69.7 Å². The molecule has 2 aliphatic rings. The molecule has 1 saturated carbocycles. The third kappa shape index (κ3) is 4.38. The van der Waals surface area contributed by atoms with Crippen LogP contribution in [-0.2, 0) is 4.74 Å². The quantitative estimate of drug-likeness (QED) is 0.192. The van der Waals surface area contributed by atoms with E-state index in [1.165, 1.54) is 0 Å². The predicted octanol–water partition coefficient (Wildman–Crippen LogP) is 0.996. The minimum Gasteiger partial charge on any atom is -0.394 e. The highest BCUT2D eigenvalue weighted by molar-refractivity contribution is 6.18. The molecule has 0 aromatic heterocycles. The van der Waals surface area contributed by atoms with Crippen molar-refractivity contribution in [1.82, 2.24) is 9.91 Å². The van der Waals surface area contributed by atoms with Gasteiger partial charge in [-0.1, -0.05) is 33.1 Å². The maximum atomic E-state index is 13.1. The van der Waals surface area contributed by atoms with Gasteiger partial charge in [0.1, 0.15) is 12.2 Å². The monoisotopic (exact) mass is 437 g/mol. The molecule has 2 amide bonds. The predicted molar refractivity (Wildman–Crippen MR) is 105 cm³/mol. The fourth-order valence-corrected chi connectivity index (χ4v) is 4.51. The van der Waals surface area contributed by atoms with Gasteiger partial charge in [0.15, 0.2) is 0 Å². The Hall–Kier alpha value is -1.04. The van der Waals surface area contributed by atoms with Gasteiger partial charge >= 0.3 is 6.03 Å². The third-order valence-corrected chi connectivity index (χ3v) is 5.94. The molecule has 0 aromatic rings. The van der Waals surface area contributed by atoms with Crippen LogP contribution in [0, 0.1) is 16.7 Å². The van der Waals surface area contributed by atoms with Crippen molar-refractivity contribution in [1.29, 1.82) is 0 Å². The summed E-state index contributed by atoms with van der Waals surface area (Å²) in [5.41, 5.74) is -2.58. The Morgan fingerprint density at radius 1 is 1.28 bits per heavy atom.